The number of carbonyl (C=O) groups is 1. The molecule has 1 aromatic carbocycles. The highest BCUT2D eigenvalue weighted by Gasteiger charge is 2.35. The SMILES string of the molecule is O=C(NO)c1cnc(CC2(c3cccc(F)c3)CCCCC2)nc1. The fourth-order valence-electron chi connectivity index (χ4n) is 3.54. The van der Waals surface area contributed by atoms with Crippen LogP contribution >= 0.6 is 0 Å². The molecule has 1 fully saturated rings. The van der Waals surface area contributed by atoms with Crippen LogP contribution in [0.5, 0.6) is 0 Å². The van der Waals surface area contributed by atoms with Gasteiger partial charge in [-0.25, -0.2) is 19.8 Å². The lowest BCUT2D eigenvalue weighted by molar-refractivity contribution is 0.0705. The van der Waals surface area contributed by atoms with Crippen LogP contribution in [-0.2, 0) is 11.8 Å². The van der Waals surface area contributed by atoms with Crippen molar-refractivity contribution in [2.24, 2.45) is 0 Å². The second-order valence-corrected chi connectivity index (χ2v) is 6.36. The number of amides is 1. The smallest absolute Gasteiger partial charge is 0.277 e. The molecule has 24 heavy (non-hydrogen) atoms. The van der Waals surface area contributed by atoms with Crippen LogP contribution in [0.1, 0.15) is 53.8 Å². The van der Waals surface area contributed by atoms with Crippen molar-refractivity contribution in [3.05, 3.63) is 59.4 Å². The number of nitrogens with zero attached hydrogens (tertiary/aromatic N) is 2. The Balaban J connectivity index is 1.88. The molecule has 0 unspecified atom stereocenters. The van der Waals surface area contributed by atoms with Crippen LogP contribution in [0.3, 0.4) is 0 Å². The Kier molecular flexibility index (Phi) is 4.85. The van der Waals surface area contributed by atoms with E-state index >= 15 is 0 Å². The zero-order valence-electron chi connectivity index (χ0n) is 13.3. The average Bonchev–Trinajstić information content (AvgIpc) is 2.62. The molecule has 1 amide bonds. The molecule has 1 saturated carbocycles. The van der Waals surface area contributed by atoms with E-state index in [0.29, 0.717) is 12.2 Å². The number of hydrogen-bond donors (Lipinski definition) is 2. The summed E-state index contributed by atoms with van der Waals surface area (Å²) in [5.74, 6) is -0.247. The third kappa shape index (κ3) is 3.43. The molecule has 0 bridgehead atoms. The Bertz CT molecular complexity index is 712. The molecular weight excluding hydrogens is 309 g/mol. The fraction of sp³-hybridized carbons (Fsp3) is 0.389. The van der Waals surface area contributed by atoms with Gasteiger partial charge in [-0.1, -0.05) is 31.4 Å². The molecule has 0 radical (unpaired) electrons. The molecule has 2 aromatic rings. The molecule has 0 saturated heterocycles. The van der Waals surface area contributed by atoms with Crippen molar-refractivity contribution in [1.29, 1.82) is 0 Å². The molecule has 6 heteroatoms. The Morgan fingerprint density at radius 2 is 1.92 bits per heavy atom. The third-order valence-electron chi connectivity index (χ3n) is 4.81. The van der Waals surface area contributed by atoms with Gasteiger partial charge in [-0.15, -0.1) is 0 Å². The van der Waals surface area contributed by atoms with E-state index in [1.807, 2.05) is 6.07 Å². The van der Waals surface area contributed by atoms with Gasteiger partial charge in [0.1, 0.15) is 11.6 Å². The van der Waals surface area contributed by atoms with Gasteiger partial charge in [0, 0.05) is 24.2 Å². The lowest BCUT2D eigenvalue weighted by Crippen LogP contribution is -2.32. The van der Waals surface area contributed by atoms with Gasteiger partial charge in [0.25, 0.3) is 5.91 Å². The van der Waals surface area contributed by atoms with Gasteiger partial charge in [-0.05, 0) is 30.5 Å². The van der Waals surface area contributed by atoms with Gasteiger partial charge >= 0.3 is 0 Å². The van der Waals surface area contributed by atoms with Gasteiger partial charge in [0.2, 0.25) is 0 Å². The van der Waals surface area contributed by atoms with E-state index < -0.39 is 5.91 Å². The highest BCUT2D eigenvalue weighted by molar-refractivity contribution is 5.92. The summed E-state index contributed by atoms with van der Waals surface area (Å²) in [5, 5.41) is 8.64. The van der Waals surface area contributed by atoms with Crippen molar-refractivity contribution in [3.8, 4) is 0 Å². The minimum Gasteiger partial charge on any atom is -0.288 e. The fourth-order valence-corrected chi connectivity index (χ4v) is 3.54. The van der Waals surface area contributed by atoms with Crippen molar-refractivity contribution >= 4 is 5.91 Å². The largest absolute Gasteiger partial charge is 0.288 e. The van der Waals surface area contributed by atoms with Crippen molar-refractivity contribution in [3.63, 3.8) is 0 Å². The van der Waals surface area contributed by atoms with Crippen LogP contribution in [0.4, 0.5) is 4.39 Å². The van der Waals surface area contributed by atoms with Gasteiger partial charge in [0.15, 0.2) is 0 Å². The van der Waals surface area contributed by atoms with Crippen LogP contribution < -0.4 is 5.48 Å². The first kappa shape index (κ1) is 16.5. The van der Waals surface area contributed by atoms with Crippen LogP contribution in [0.2, 0.25) is 0 Å². The van der Waals surface area contributed by atoms with Crippen molar-refractivity contribution in [2.45, 2.75) is 43.9 Å². The van der Waals surface area contributed by atoms with Crippen molar-refractivity contribution in [2.75, 3.05) is 0 Å². The second-order valence-electron chi connectivity index (χ2n) is 6.36. The minimum atomic E-state index is -0.640. The lowest BCUT2D eigenvalue weighted by Gasteiger charge is -2.37. The van der Waals surface area contributed by atoms with E-state index in [1.54, 1.807) is 17.6 Å². The maximum absolute atomic E-state index is 13.7. The van der Waals surface area contributed by atoms with Crippen LogP contribution in [0.15, 0.2) is 36.7 Å². The highest BCUT2D eigenvalue weighted by atomic mass is 19.1. The number of carbonyl (C=O) groups excluding carboxylic acids is 1. The quantitative estimate of drug-likeness (QED) is 0.667. The molecule has 1 aliphatic carbocycles. The number of hydrogen-bond acceptors (Lipinski definition) is 4. The summed E-state index contributed by atoms with van der Waals surface area (Å²) in [7, 11) is 0. The summed E-state index contributed by atoms with van der Waals surface area (Å²) in [5.41, 5.74) is 2.58. The molecule has 1 heterocycles. The molecule has 1 aromatic heterocycles. The summed E-state index contributed by atoms with van der Waals surface area (Å²) >= 11 is 0. The van der Waals surface area contributed by atoms with Crippen LogP contribution in [0.25, 0.3) is 0 Å². The number of halogens is 1. The molecule has 2 N–H and O–H groups in total. The number of rotatable bonds is 4. The van der Waals surface area contributed by atoms with E-state index in [2.05, 4.69) is 9.97 Å². The summed E-state index contributed by atoms with van der Waals surface area (Å²) in [6.07, 6.45) is 8.73. The molecule has 1 aliphatic rings. The molecule has 5 nitrogen and oxygen atoms in total. The van der Waals surface area contributed by atoms with E-state index in [0.717, 1.165) is 31.2 Å². The third-order valence-corrected chi connectivity index (χ3v) is 4.81. The number of aromatic nitrogens is 2. The molecule has 0 spiro atoms. The normalized spacial score (nSPS) is 16.6. The van der Waals surface area contributed by atoms with Gasteiger partial charge in [0.05, 0.1) is 5.56 Å². The number of hydroxylamine groups is 1. The van der Waals surface area contributed by atoms with Gasteiger partial charge < -0.3 is 0 Å². The predicted octanol–water partition coefficient (Wildman–Crippen LogP) is 3.18. The zero-order valence-corrected chi connectivity index (χ0v) is 13.3. The van der Waals surface area contributed by atoms with Crippen molar-refractivity contribution < 1.29 is 14.4 Å². The van der Waals surface area contributed by atoms with Gasteiger partial charge in [-0.3, -0.25) is 10.0 Å². The standard InChI is InChI=1S/C18H20FN3O2/c19-15-6-4-5-14(9-15)18(7-2-1-3-8-18)10-16-20-11-13(12-21-16)17(23)22-24/h4-6,9,11-12,24H,1-3,7-8,10H2,(H,22,23). The summed E-state index contributed by atoms with van der Waals surface area (Å²) in [6, 6.07) is 6.79. The Morgan fingerprint density at radius 3 is 2.54 bits per heavy atom. The minimum absolute atomic E-state index is 0.166. The Labute approximate surface area is 139 Å². The molecule has 126 valence electrons. The zero-order chi connectivity index (χ0) is 17.0. The summed E-state index contributed by atoms with van der Waals surface area (Å²) in [6.45, 7) is 0. The summed E-state index contributed by atoms with van der Waals surface area (Å²) in [4.78, 5) is 19.9. The number of nitrogens with one attached hydrogen (secondary N) is 1. The molecule has 3 rings (SSSR count). The lowest BCUT2D eigenvalue weighted by atomic mass is 9.67. The Morgan fingerprint density at radius 1 is 1.21 bits per heavy atom. The topological polar surface area (TPSA) is 75.1 Å². The second kappa shape index (κ2) is 7.05. The van der Waals surface area contributed by atoms with Crippen LogP contribution in [0, 0.1) is 5.82 Å². The first-order valence-electron chi connectivity index (χ1n) is 8.14. The molecule has 0 aliphatic heterocycles. The van der Waals surface area contributed by atoms with Crippen molar-refractivity contribution in [1.82, 2.24) is 15.4 Å². The monoisotopic (exact) mass is 329 g/mol. The number of benzene rings is 1. The van der Waals surface area contributed by atoms with E-state index in [1.165, 1.54) is 24.9 Å². The average molecular weight is 329 g/mol. The molecule has 0 atom stereocenters. The van der Waals surface area contributed by atoms with E-state index in [9.17, 15) is 9.18 Å². The van der Waals surface area contributed by atoms with E-state index in [-0.39, 0.29) is 16.8 Å². The molecular formula is C18H20FN3O2. The summed E-state index contributed by atoms with van der Waals surface area (Å²) < 4.78 is 13.7. The van der Waals surface area contributed by atoms with E-state index in [4.69, 9.17) is 5.21 Å². The van der Waals surface area contributed by atoms with Gasteiger partial charge in [-0.2, -0.15) is 0 Å². The maximum Gasteiger partial charge on any atom is 0.277 e. The Hall–Kier alpha value is -2.34. The first-order chi connectivity index (χ1) is 11.6. The first-order valence-corrected chi connectivity index (χ1v) is 8.14. The van der Waals surface area contributed by atoms with Crippen LogP contribution in [-0.4, -0.2) is 21.1 Å². The highest BCUT2D eigenvalue weighted by Crippen LogP contribution is 2.41. The predicted molar refractivity (Wildman–Crippen MR) is 86.2 cm³/mol. The maximum atomic E-state index is 13.7.